The maximum Gasteiger partial charge on any atom is 0.326 e. The highest BCUT2D eigenvalue weighted by Gasteiger charge is 2.24. The molecule has 2 aromatic heterocycles. The van der Waals surface area contributed by atoms with Crippen molar-refractivity contribution in [3.8, 4) is 0 Å². The number of carboxylic acid groups (broad SMARTS) is 1. The molecule has 36 heavy (non-hydrogen) atoms. The van der Waals surface area contributed by atoms with Crippen LogP contribution in [0.15, 0.2) is 60.9 Å². The van der Waals surface area contributed by atoms with Crippen LogP contribution < -0.4 is 15.5 Å². The van der Waals surface area contributed by atoms with Crippen LogP contribution in [0.5, 0.6) is 0 Å². The minimum absolute atomic E-state index is 0.205. The zero-order chi connectivity index (χ0) is 25.5. The molecule has 0 spiro atoms. The number of aromatic nitrogens is 2. The predicted molar refractivity (Wildman–Crippen MR) is 140 cm³/mol. The van der Waals surface area contributed by atoms with Crippen molar-refractivity contribution in [1.82, 2.24) is 15.3 Å². The first-order chi connectivity index (χ1) is 17.4. The number of aryl methyl sites for hydroxylation is 2. The normalized spacial score (nSPS) is 16.3. The van der Waals surface area contributed by atoms with E-state index in [1.807, 2.05) is 49.4 Å². The van der Waals surface area contributed by atoms with E-state index in [1.54, 1.807) is 25.4 Å². The number of carbonyl (C=O) groups is 2. The van der Waals surface area contributed by atoms with Gasteiger partial charge in [-0.2, -0.15) is 0 Å². The van der Waals surface area contributed by atoms with E-state index < -0.39 is 17.9 Å². The number of amides is 1. The van der Waals surface area contributed by atoms with Crippen LogP contribution in [0.25, 0.3) is 0 Å². The number of pyridine rings is 2. The van der Waals surface area contributed by atoms with Gasteiger partial charge in [0.05, 0.1) is 11.3 Å². The molecule has 1 aliphatic heterocycles. The highest BCUT2D eigenvalue weighted by Crippen LogP contribution is 2.24. The van der Waals surface area contributed by atoms with Crippen LogP contribution in [0.1, 0.15) is 40.0 Å². The number of piperidine rings is 1. The molecule has 3 heterocycles. The lowest BCUT2D eigenvalue weighted by Gasteiger charge is -2.34. The molecule has 2 atom stereocenters. The summed E-state index contributed by atoms with van der Waals surface area (Å²) in [6, 6.07) is 14.6. The third-order valence-electron chi connectivity index (χ3n) is 6.68. The maximum absolute atomic E-state index is 12.8. The first kappa shape index (κ1) is 25.2. The highest BCUT2D eigenvalue weighted by atomic mass is 16.4. The Morgan fingerprint density at radius 2 is 1.89 bits per heavy atom. The smallest absolute Gasteiger partial charge is 0.326 e. The molecule has 1 aliphatic rings. The van der Waals surface area contributed by atoms with Crippen LogP contribution in [0, 0.1) is 19.8 Å². The number of carboxylic acids is 1. The third kappa shape index (κ3) is 6.38. The van der Waals surface area contributed by atoms with Crippen LogP contribution in [0.2, 0.25) is 0 Å². The summed E-state index contributed by atoms with van der Waals surface area (Å²) in [5.74, 6) is -0.0639. The van der Waals surface area contributed by atoms with Crippen LogP contribution in [0.4, 0.5) is 11.5 Å². The van der Waals surface area contributed by atoms with Crippen molar-refractivity contribution in [1.29, 1.82) is 0 Å². The van der Waals surface area contributed by atoms with E-state index in [-0.39, 0.29) is 6.42 Å². The number of carbonyl (C=O) groups excluding carboxylic acids is 1. The van der Waals surface area contributed by atoms with Crippen molar-refractivity contribution in [2.24, 2.45) is 5.92 Å². The first-order valence-corrected chi connectivity index (χ1v) is 12.4. The minimum atomic E-state index is -1.06. The Hall–Kier alpha value is -3.94. The number of nitrogens with one attached hydrogen (secondary N) is 2. The van der Waals surface area contributed by atoms with E-state index in [0.717, 1.165) is 48.7 Å². The zero-order valence-corrected chi connectivity index (χ0v) is 20.8. The average Bonchev–Trinajstić information content (AvgIpc) is 2.88. The van der Waals surface area contributed by atoms with Crippen LogP contribution in [-0.4, -0.2) is 52.6 Å². The Balaban J connectivity index is 1.35. The second-order valence-electron chi connectivity index (χ2n) is 9.37. The van der Waals surface area contributed by atoms with E-state index in [2.05, 4.69) is 25.5 Å². The fourth-order valence-corrected chi connectivity index (χ4v) is 4.73. The van der Waals surface area contributed by atoms with Crippen molar-refractivity contribution < 1.29 is 14.7 Å². The summed E-state index contributed by atoms with van der Waals surface area (Å²) in [5.41, 5.74) is 3.76. The van der Waals surface area contributed by atoms with Gasteiger partial charge in [-0.1, -0.05) is 18.2 Å². The van der Waals surface area contributed by atoms with Gasteiger partial charge in [0.25, 0.3) is 5.91 Å². The van der Waals surface area contributed by atoms with Gasteiger partial charge in [0.15, 0.2) is 0 Å². The molecular weight excluding hydrogens is 454 g/mol. The monoisotopic (exact) mass is 487 g/mol. The standard InChI is InChI=1S/C28H33N5O3/c1-19-12-14-29-20(2)26(19)27(34)32-24(28(35)36)16-21-8-10-23(11-9-21)33-15-5-6-22(18-33)17-31-25-7-3-4-13-30-25/h3-4,7-14,22,24H,5-6,15-18H2,1-2H3,(H,30,31)(H,32,34)(H,35,36). The second kappa shape index (κ2) is 11.7. The zero-order valence-electron chi connectivity index (χ0n) is 20.8. The molecular formula is C28H33N5O3. The lowest BCUT2D eigenvalue weighted by Crippen LogP contribution is -2.42. The number of hydrogen-bond donors (Lipinski definition) is 3. The Bertz CT molecular complexity index is 1160. The topological polar surface area (TPSA) is 107 Å². The van der Waals surface area contributed by atoms with Crippen molar-refractivity contribution in [3.63, 3.8) is 0 Å². The molecule has 1 aromatic carbocycles. The number of nitrogens with zero attached hydrogens (tertiary/aromatic N) is 3. The van der Waals surface area contributed by atoms with Crippen LogP contribution in [0.3, 0.4) is 0 Å². The van der Waals surface area contributed by atoms with Gasteiger partial charge < -0.3 is 20.6 Å². The summed E-state index contributed by atoms with van der Waals surface area (Å²) in [4.78, 5) is 35.6. The molecule has 0 radical (unpaired) electrons. The summed E-state index contributed by atoms with van der Waals surface area (Å²) in [6.45, 7) is 6.39. The quantitative estimate of drug-likeness (QED) is 0.421. The fourth-order valence-electron chi connectivity index (χ4n) is 4.73. The number of anilines is 2. The predicted octanol–water partition coefficient (Wildman–Crippen LogP) is 3.85. The molecule has 1 fully saturated rings. The van der Waals surface area contributed by atoms with Gasteiger partial charge in [0.2, 0.25) is 0 Å². The molecule has 1 saturated heterocycles. The Morgan fingerprint density at radius 1 is 1.08 bits per heavy atom. The fraction of sp³-hybridized carbons (Fsp3) is 0.357. The highest BCUT2D eigenvalue weighted by molar-refractivity contribution is 5.98. The molecule has 1 amide bonds. The Labute approximate surface area is 211 Å². The summed E-state index contributed by atoms with van der Waals surface area (Å²) < 4.78 is 0. The first-order valence-electron chi connectivity index (χ1n) is 12.4. The molecule has 8 heteroatoms. The van der Waals surface area contributed by atoms with E-state index in [4.69, 9.17) is 0 Å². The molecule has 0 saturated carbocycles. The van der Waals surface area contributed by atoms with E-state index in [1.165, 1.54) is 6.42 Å². The van der Waals surface area contributed by atoms with Crippen LogP contribution in [-0.2, 0) is 11.2 Å². The van der Waals surface area contributed by atoms with E-state index >= 15 is 0 Å². The number of rotatable bonds is 9. The molecule has 8 nitrogen and oxygen atoms in total. The van der Waals surface area contributed by atoms with Gasteiger partial charge in [-0.25, -0.2) is 9.78 Å². The number of aliphatic carboxylic acids is 1. The summed E-state index contributed by atoms with van der Waals surface area (Å²) >= 11 is 0. The molecule has 3 aromatic rings. The molecule has 188 valence electrons. The summed E-state index contributed by atoms with van der Waals surface area (Å²) in [6.07, 6.45) is 5.93. The SMILES string of the molecule is Cc1ccnc(C)c1C(=O)NC(Cc1ccc(N2CCCC(CNc3ccccn3)C2)cc1)C(=O)O. The number of benzene rings is 1. The van der Waals surface area contributed by atoms with Gasteiger partial charge in [-0.15, -0.1) is 0 Å². The van der Waals surface area contributed by atoms with Crippen molar-refractivity contribution in [3.05, 3.63) is 83.3 Å². The lowest BCUT2D eigenvalue weighted by molar-refractivity contribution is -0.139. The Kier molecular flexibility index (Phi) is 8.15. The van der Waals surface area contributed by atoms with Crippen molar-refractivity contribution in [2.75, 3.05) is 29.9 Å². The maximum atomic E-state index is 12.8. The molecule has 0 aliphatic carbocycles. The van der Waals surface area contributed by atoms with E-state index in [0.29, 0.717) is 17.2 Å². The van der Waals surface area contributed by atoms with Crippen molar-refractivity contribution in [2.45, 2.75) is 39.2 Å². The largest absolute Gasteiger partial charge is 0.480 e. The lowest BCUT2D eigenvalue weighted by atomic mass is 9.97. The van der Waals surface area contributed by atoms with Gasteiger partial charge in [0.1, 0.15) is 11.9 Å². The summed E-state index contributed by atoms with van der Waals surface area (Å²) in [5, 5.41) is 15.8. The third-order valence-corrected chi connectivity index (χ3v) is 6.68. The van der Waals surface area contributed by atoms with Gasteiger partial charge in [0, 0.05) is 44.1 Å². The molecule has 0 bridgehead atoms. The molecule has 3 N–H and O–H groups in total. The van der Waals surface area contributed by atoms with Gasteiger partial charge >= 0.3 is 5.97 Å². The second-order valence-corrected chi connectivity index (χ2v) is 9.37. The average molecular weight is 488 g/mol. The van der Waals surface area contributed by atoms with E-state index in [9.17, 15) is 14.7 Å². The van der Waals surface area contributed by atoms with Crippen molar-refractivity contribution >= 4 is 23.4 Å². The van der Waals surface area contributed by atoms with Gasteiger partial charge in [-0.3, -0.25) is 9.78 Å². The summed E-state index contributed by atoms with van der Waals surface area (Å²) in [7, 11) is 0. The minimum Gasteiger partial charge on any atom is -0.480 e. The van der Waals surface area contributed by atoms with Crippen LogP contribution >= 0.6 is 0 Å². The van der Waals surface area contributed by atoms with Gasteiger partial charge in [-0.05, 0) is 74.1 Å². The number of hydrogen-bond acceptors (Lipinski definition) is 6. The molecule has 2 unspecified atom stereocenters. The Morgan fingerprint density at radius 3 is 2.58 bits per heavy atom. The molecule has 4 rings (SSSR count).